The molecule has 0 aromatic rings. The molecule has 33 heavy (non-hydrogen) atoms. The van der Waals surface area contributed by atoms with E-state index in [0.717, 1.165) is 23.7 Å². The summed E-state index contributed by atoms with van der Waals surface area (Å²) >= 11 is 0. The van der Waals surface area contributed by atoms with Crippen LogP contribution in [-0.2, 0) is 14.0 Å². The van der Waals surface area contributed by atoms with Crippen LogP contribution in [0.4, 0.5) is 0 Å². The van der Waals surface area contributed by atoms with Crippen molar-refractivity contribution in [3.05, 3.63) is 23.8 Å². The summed E-state index contributed by atoms with van der Waals surface area (Å²) in [6, 6.07) is 3.16. The number of allylic oxidation sites excluding steroid dienone is 2. The number of carbonyl (C=O) groups is 1. The maximum Gasteiger partial charge on any atom is 0.330 e. The van der Waals surface area contributed by atoms with E-state index in [0.29, 0.717) is 13.0 Å². The van der Waals surface area contributed by atoms with Gasteiger partial charge in [0, 0.05) is 12.0 Å². The molecular weight excluding hydrogens is 444 g/mol. The molecule has 0 aliphatic heterocycles. The fraction of sp³-hybridized carbons (Fsp3) is 0.741. The maximum absolute atomic E-state index is 11.5. The summed E-state index contributed by atoms with van der Waals surface area (Å²) in [5.41, 5.74) is 4.55. The normalized spacial score (nSPS) is 16.2. The van der Waals surface area contributed by atoms with Gasteiger partial charge in [-0.15, -0.1) is 5.54 Å². The van der Waals surface area contributed by atoms with Crippen molar-refractivity contribution in [2.45, 2.75) is 117 Å². The molecule has 0 amide bonds. The van der Waals surface area contributed by atoms with Gasteiger partial charge >= 0.3 is 5.97 Å². The second-order valence-electron chi connectivity index (χ2n) is 10.6. The van der Waals surface area contributed by atoms with Gasteiger partial charge in [0.2, 0.25) is 0 Å². The van der Waals surface area contributed by atoms with Crippen LogP contribution in [-0.4, -0.2) is 46.3 Å². The van der Waals surface area contributed by atoms with Gasteiger partial charge in [-0.05, 0) is 43.4 Å². The molecule has 3 atom stereocenters. The molecule has 0 aromatic carbocycles. The van der Waals surface area contributed by atoms with Gasteiger partial charge in [0.25, 0.3) is 0 Å². The van der Waals surface area contributed by atoms with Gasteiger partial charge in [0.05, 0.1) is 12.7 Å². The molecule has 0 aliphatic rings. The van der Waals surface area contributed by atoms with Crippen molar-refractivity contribution in [3.8, 4) is 11.5 Å². The lowest BCUT2D eigenvalue weighted by molar-refractivity contribution is -0.137. The Balaban J connectivity index is 5.75. The lowest BCUT2D eigenvalue weighted by atomic mass is 9.95. The van der Waals surface area contributed by atoms with E-state index in [2.05, 4.69) is 66.1 Å². The molecule has 0 saturated carbocycles. The van der Waals surface area contributed by atoms with Crippen molar-refractivity contribution in [3.63, 3.8) is 0 Å². The molecule has 4 nitrogen and oxygen atoms in total. The first-order valence-electron chi connectivity index (χ1n) is 12.6. The monoisotopic (exact) mass is 494 g/mol. The van der Waals surface area contributed by atoms with Crippen molar-refractivity contribution in [1.29, 1.82) is 0 Å². The van der Waals surface area contributed by atoms with Gasteiger partial charge in [-0.3, -0.25) is 0 Å². The Kier molecular flexibility index (Phi) is 13.8. The van der Waals surface area contributed by atoms with Crippen molar-refractivity contribution in [2.75, 3.05) is 6.61 Å². The van der Waals surface area contributed by atoms with Crippen molar-refractivity contribution in [1.82, 2.24) is 0 Å². The first-order valence-corrected chi connectivity index (χ1v) is 18.1. The van der Waals surface area contributed by atoms with Crippen LogP contribution in [0.5, 0.6) is 0 Å². The zero-order valence-electron chi connectivity index (χ0n) is 23.2. The SMILES string of the molecule is CCOC(=O)/C=C/C(C)=C/C[C@H](O)[C@H](C)[C@H](C#C[Si](C)(C)C(C)(C)C)O[Si](CC)(CC)CC. The third kappa shape index (κ3) is 10.8. The summed E-state index contributed by atoms with van der Waals surface area (Å²) in [5.74, 6) is 3.05. The number of hydrogen-bond acceptors (Lipinski definition) is 4. The number of aliphatic hydroxyl groups excluding tert-OH is 1. The third-order valence-corrected chi connectivity index (χ3v) is 16.4. The maximum atomic E-state index is 11.5. The number of aliphatic hydroxyl groups is 1. The van der Waals surface area contributed by atoms with Crippen LogP contribution in [0.1, 0.15) is 68.7 Å². The smallest absolute Gasteiger partial charge is 0.330 e. The zero-order valence-corrected chi connectivity index (χ0v) is 25.2. The van der Waals surface area contributed by atoms with E-state index < -0.39 is 22.5 Å². The third-order valence-electron chi connectivity index (χ3n) is 7.25. The summed E-state index contributed by atoms with van der Waals surface area (Å²) in [5, 5.41) is 11.2. The minimum atomic E-state index is -1.89. The Hall–Kier alpha value is -1.14. The molecule has 190 valence electrons. The molecule has 0 aliphatic carbocycles. The highest BCUT2D eigenvalue weighted by Crippen LogP contribution is 2.35. The second kappa shape index (κ2) is 14.3. The van der Waals surface area contributed by atoms with Crippen LogP contribution >= 0.6 is 0 Å². The first kappa shape index (κ1) is 31.9. The summed E-state index contributed by atoms with van der Waals surface area (Å²) in [6.07, 6.45) is 4.74. The number of esters is 1. The predicted molar refractivity (Wildman–Crippen MR) is 146 cm³/mol. The van der Waals surface area contributed by atoms with Crippen LogP contribution in [0.2, 0.25) is 36.3 Å². The van der Waals surface area contributed by atoms with Crippen molar-refractivity contribution < 1.29 is 19.1 Å². The van der Waals surface area contributed by atoms with E-state index in [1.165, 1.54) is 6.08 Å². The fourth-order valence-corrected chi connectivity index (χ4v) is 6.85. The average molecular weight is 495 g/mol. The summed E-state index contributed by atoms with van der Waals surface area (Å²) in [4.78, 5) is 11.5. The molecule has 0 unspecified atom stereocenters. The van der Waals surface area contributed by atoms with Gasteiger partial charge in [-0.2, -0.15) is 0 Å². The number of rotatable bonds is 12. The summed E-state index contributed by atoms with van der Waals surface area (Å²) in [6.45, 7) is 24.2. The first-order chi connectivity index (χ1) is 15.2. The molecule has 0 fully saturated rings. The lowest BCUT2D eigenvalue weighted by Gasteiger charge is -2.36. The molecule has 0 saturated heterocycles. The second-order valence-corrected chi connectivity index (χ2v) is 20.3. The van der Waals surface area contributed by atoms with Crippen LogP contribution in [0, 0.1) is 17.4 Å². The molecule has 0 aromatic heterocycles. The Labute approximate surface area is 206 Å². The van der Waals surface area contributed by atoms with E-state index in [1.54, 1.807) is 13.0 Å². The van der Waals surface area contributed by atoms with Gasteiger partial charge in [-0.25, -0.2) is 4.79 Å². The van der Waals surface area contributed by atoms with Crippen molar-refractivity contribution in [2.24, 2.45) is 5.92 Å². The van der Waals surface area contributed by atoms with E-state index in [1.807, 2.05) is 19.9 Å². The van der Waals surface area contributed by atoms with E-state index in [-0.39, 0.29) is 23.0 Å². The highest BCUT2D eigenvalue weighted by atomic mass is 28.4. The minimum absolute atomic E-state index is 0.114. The van der Waals surface area contributed by atoms with E-state index in [9.17, 15) is 9.90 Å². The van der Waals surface area contributed by atoms with Crippen LogP contribution in [0.15, 0.2) is 23.8 Å². The molecule has 0 rings (SSSR count). The fourth-order valence-electron chi connectivity index (χ4n) is 3.16. The Morgan fingerprint density at radius 2 is 1.61 bits per heavy atom. The predicted octanol–water partition coefficient (Wildman–Crippen LogP) is 6.88. The van der Waals surface area contributed by atoms with Gasteiger partial charge in [0.15, 0.2) is 8.32 Å². The van der Waals surface area contributed by atoms with Gasteiger partial charge in [-0.1, -0.05) is 85.2 Å². The number of hydrogen-bond donors (Lipinski definition) is 1. The highest BCUT2D eigenvalue weighted by Gasteiger charge is 2.37. The number of ether oxygens (including phenoxy) is 1. The molecule has 0 bridgehead atoms. The number of carbonyl (C=O) groups excluding carboxylic acids is 1. The lowest BCUT2D eigenvalue weighted by Crippen LogP contribution is -2.44. The van der Waals surface area contributed by atoms with Crippen molar-refractivity contribution >= 4 is 22.4 Å². The van der Waals surface area contributed by atoms with Crippen LogP contribution in [0.3, 0.4) is 0 Å². The molecule has 1 N–H and O–H groups in total. The average Bonchev–Trinajstić information content (AvgIpc) is 2.75. The minimum Gasteiger partial charge on any atom is -0.463 e. The van der Waals surface area contributed by atoms with Crippen LogP contribution < -0.4 is 0 Å². The van der Waals surface area contributed by atoms with Crippen LogP contribution in [0.25, 0.3) is 0 Å². The molecule has 6 heteroatoms. The van der Waals surface area contributed by atoms with Gasteiger partial charge < -0.3 is 14.3 Å². The Bertz CT molecular complexity index is 710. The van der Waals surface area contributed by atoms with E-state index in [4.69, 9.17) is 9.16 Å². The Morgan fingerprint density at radius 1 is 1.06 bits per heavy atom. The van der Waals surface area contributed by atoms with E-state index >= 15 is 0 Å². The molecule has 0 radical (unpaired) electrons. The zero-order chi connectivity index (χ0) is 25.9. The molecular formula is C27H50O4Si2. The summed E-state index contributed by atoms with van der Waals surface area (Å²) < 4.78 is 11.7. The quantitative estimate of drug-likeness (QED) is 0.106. The highest BCUT2D eigenvalue weighted by molar-refractivity contribution is 6.87. The standard InChI is InChI=1S/C27H50O4Si2/c1-12-30-26(29)19-17-22(5)16-18-24(28)23(6)25(31-33(13-2,14-3)15-4)20-21-32(10,11)27(7,8)9/h16-17,19,23-25,28H,12-15,18H2,1-11H3/b19-17+,22-16+/t23-,24-,25-/m0/s1. The largest absolute Gasteiger partial charge is 0.463 e. The summed E-state index contributed by atoms with van der Waals surface area (Å²) in [7, 11) is -3.68. The Morgan fingerprint density at radius 3 is 2.06 bits per heavy atom. The topological polar surface area (TPSA) is 55.8 Å². The molecule has 0 spiro atoms. The molecule has 0 heterocycles. The van der Waals surface area contributed by atoms with Gasteiger partial charge in [0.1, 0.15) is 14.2 Å².